The van der Waals surface area contributed by atoms with E-state index >= 15 is 0 Å². The van der Waals surface area contributed by atoms with Crippen molar-refractivity contribution in [1.29, 1.82) is 0 Å². The average molecular weight is 306 g/mol. The molecule has 0 heterocycles. The van der Waals surface area contributed by atoms with Gasteiger partial charge in [0.15, 0.2) is 0 Å². The van der Waals surface area contributed by atoms with Crippen LogP contribution in [0.15, 0.2) is 18.2 Å². The van der Waals surface area contributed by atoms with Gasteiger partial charge in [-0.3, -0.25) is 4.79 Å². The molecule has 0 aliphatic heterocycles. The number of carbonyl (C=O) groups excluding carboxylic acids is 2. The lowest BCUT2D eigenvalue weighted by atomic mass is 10.1. The lowest BCUT2D eigenvalue weighted by Crippen LogP contribution is -2.44. The first kappa shape index (κ1) is 15.8. The summed E-state index contributed by atoms with van der Waals surface area (Å²) in [6, 6.07) is 3.92. The highest BCUT2D eigenvalue weighted by atomic mass is 35.5. The zero-order valence-electron chi connectivity index (χ0n) is 10.2. The molecule has 0 aliphatic rings. The van der Waals surface area contributed by atoms with E-state index in [9.17, 15) is 9.59 Å². The van der Waals surface area contributed by atoms with E-state index < -0.39 is 24.5 Å². The summed E-state index contributed by atoms with van der Waals surface area (Å²) < 4.78 is 4.59. The molecule has 0 unspecified atom stereocenters. The maximum atomic E-state index is 11.6. The molecule has 19 heavy (non-hydrogen) atoms. The SMILES string of the molecule is COC(=O)[C@H](Cc1ccc(Cl)cc1Cl)NC(=O)CO. The van der Waals surface area contributed by atoms with Gasteiger partial charge in [-0.2, -0.15) is 0 Å². The van der Waals surface area contributed by atoms with Crippen LogP contribution in [0.1, 0.15) is 5.56 Å². The lowest BCUT2D eigenvalue weighted by molar-refractivity contribution is -0.145. The summed E-state index contributed by atoms with van der Waals surface area (Å²) in [6.45, 7) is -0.707. The number of halogens is 2. The van der Waals surface area contributed by atoms with E-state index in [1.807, 2.05) is 0 Å². The highest BCUT2D eigenvalue weighted by Gasteiger charge is 2.22. The molecule has 0 aliphatic carbocycles. The fourth-order valence-electron chi connectivity index (χ4n) is 1.48. The topological polar surface area (TPSA) is 75.6 Å². The molecule has 0 saturated carbocycles. The summed E-state index contributed by atoms with van der Waals surface area (Å²) in [5.74, 6) is -1.28. The standard InChI is InChI=1S/C12H13Cl2NO4/c1-19-12(18)10(15-11(17)6-16)4-7-2-3-8(13)5-9(7)14/h2-3,5,10,16H,4,6H2,1H3,(H,15,17)/t10-/m0/s1. The second-order valence-electron chi connectivity index (χ2n) is 3.74. The molecule has 1 aromatic rings. The van der Waals surface area contributed by atoms with Gasteiger partial charge in [-0.05, 0) is 17.7 Å². The van der Waals surface area contributed by atoms with Crippen molar-refractivity contribution in [2.45, 2.75) is 12.5 Å². The van der Waals surface area contributed by atoms with E-state index in [0.717, 1.165) is 0 Å². The number of esters is 1. The second-order valence-corrected chi connectivity index (χ2v) is 4.58. The van der Waals surface area contributed by atoms with E-state index in [4.69, 9.17) is 28.3 Å². The summed E-state index contributed by atoms with van der Waals surface area (Å²) in [5.41, 5.74) is 0.639. The first-order valence-electron chi connectivity index (χ1n) is 5.40. The zero-order valence-corrected chi connectivity index (χ0v) is 11.7. The van der Waals surface area contributed by atoms with Gasteiger partial charge in [-0.1, -0.05) is 29.3 Å². The van der Waals surface area contributed by atoms with Crippen LogP contribution in [0.25, 0.3) is 0 Å². The molecule has 0 aromatic heterocycles. The van der Waals surface area contributed by atoms with E-state index in [-0.39, 0.29) is 6.42 Å². The number of aliphatic hydroxyl groups excluding tert-OH is 1. The number of methoxy groups -OCH3 is 1. The number of rotatable bonds is 5. The Hall–Kier alpha value is -1.30. The zero-order chi connectivity index (χ0) is 14.4. The number of nitrogens with one attached hydrogen (secondary N) is 1. The number of aliphatic hydroxyl groups is 1. The molecule has 1 atom stereocenters. The minimum Gasteiger partial charge on any atom is -0.467 e. The second kappa shape index (κ2) is 7.33. The molecular formula is C12H13Cl2NO4. The fraction of sp³-hybridized carbons (Fsp3) is 0.333. The Labute approximate surface area is 120 Å². The number of benzene rings is 1. The van der Waals surface area contributed by atoms with Crippen LogP contribution < -0.4 is 5.32 Å². The minimum atomic E-state index is -0.914. The Morgan fingerprint density at radius 2 is 2.11 bits per heavy atom. The van der Waals surface area contributed by atoms with Crippen molar-refractivity contribution in [2.24, 2.45) is 0 Å². The van der Waals surface area contributed by atoms with E-state index in [1.54, 1.807) is 18.2 Å². The summed E-state index contributed by atoms with van der Waals surface area (Å²) in [7, 11) is 1.21. The van der Waals surface area contributed by atoms with Gasteiger partial charge in [0.25, 0.3) is 0 Å². The normalized spacial score (nSPS) is 11.8. The molecule has 2 N–H and O–H groups in total. The minimum absolute atomic E-state index is 0.147. The quantitative estimate of drug-likeness (QED) is 0.801. The maximum Gasteiger partial charge on any atom is 0.328 e. The Balaban J connectivity index is 2.87. The van der Waals surface area contributed by atoms with Gasteiger partial charge < -0.3 is 15.2 Å². The molecule has 0 fully saturated rings. The number of hydrogen-bond acceptors (Lipinski definition) is 4. The van der Waals surface area contributed by atoms with Crippen LogP contribution in [0.3, 0.4) is 0 Å². The molecule has 0 saturated heterocycles. The smallest absolute Gasteiger partial charge is 0.328 e. The van der Waals surface area contributed by atoms with Crippen molar-refractivity contribution in [3.8, 4) is 0 Å². The monoisotopic (exact) mass is 305 g/mol. The molecule has 1 amide bonds. The lowest BCUT2D eigenvalue weighted by Gasteiger charge is -2.16. The summed E-state index contributed by atoms with van der Waals surface area (Å²) in [4.78, 5) is 22.7. The fourth-order valence-corrected chi connectivity index (χ4v) is 1.97. The van der Waals surface area contributed by atoms with Crippen LogP contribution in [0.2, 0.25) is 10.0 Å². The summed E-state index contributed by atoms with van der Waals surface area (Å²) in [6.07, 6.45) is 0.147. The Bertz CT molecular complexity index is 479. The van der Waals surface area contributed by atoms with Crippen molar-refractivity contribution < 1.29 is 19.4 Å². The predicted octanol–water partition coefficient (Wildman–Crippen LogP) is 1.19. The van der Waals surface area contributed by atoms with Crippen molar-refractivity contribution in [2.75, 3.05) is 13.7 Å². The van der Waals surface area contributed by atoms with Gasteiger partial charge in [0.05, 0.1) is 7.11 Å². The third-order valence-corrected chi connectivity index (χ3v) is 2.99. The van der Waals surface area contributed by atoms with Crippen LogP contribution in [-0.2, 0) is 20.7 Å². The molecular weight excluding hydrogens is 293 g/mol. The van der Waals surface area contributed by atoms with E-state index in [2.05, 4.69) is 10.1 Å². The molecule has 104 valence electrons. The molecule has 1 rings (SSSR count). The van der Waals surface area contributed by atoms with Crippen molar-refractivity contribution in [3.05, 3.63) is 33.8 Å². The van der Waals surface area contributed by atoms with Crippen LogP contribution >= 0.6 is 23.2 Å². The van der Waals surface area contributed by atoms with Gasteiger partial charge in [0.1, 0.15) is 12.6 Å². The number of amides is 1. The Morgan fingerprint density at radius 3 is 2.63 bits per heavy atom. The van der Waals surface area contributed by atoms with Crippen LogP contribution in [0, 0.1) is 0 Å². The largest absolute Gasteiger partial charge is 0.467 e. The van der Waals surface area contributed by atoms with Gasteiger partial charge >= 0.3 is 5.97 Å². The molecule has 5 nitrogen and oxygen atoms in total. The third kappa shape index (κ3) is 4.70. The van der Waals surface area contributed by atoms with Crippen molar-refractivity contribution >= 4 is 35.1 Å². The van der Waals surface area contributed by atoms with Gasteiger partial charge in [-0.25, -0.2) is 4.79 Å². The third-order valence-electron chi connectivity index (χ3n) is 2.40. The predicted molar refractivity (Wildman–Crippen MR) is 71.2 cm³/mol. The van der Waals surface area contributed by atoms with Gasteiger partial charge in [0.2, 0.25) is 5.91 Å². The Kier molecular flexibility index (Phi) is 6.08. The summed E-state index contributed by atoms with van der Waals surface area (Å²) in [5, 5.41) is 11.9. The summed E-state index contributed by atoms with van der Waals surface area (Å²) >= 11 is 11.8. The van der Waals surface area contributed by atoms with Crippen LogP contribution in [-0.4, -0.2) is 36.7 Å². The molecule has 0 spiro atoms. The average Bonchev–Trinajstić information content (AvgIpc) is 2.39. The molecule has 1 aromatic carbocycles. The van der Waals surface area contributed by atoms with Gasteiger partial charge in [0, 0.05) is 16.5 Å². The van der Waals surface area contributed by atoms with Crippen molar-refractivity contribution in [3.63, 3.8) is 0 Å². The molecule has 0 bridgehead atoms. The highest BCUT2D eigenvalue weighted by molar-refractivity contribution is 6.35. The number of carbonyl (C=O) groups is 2. The first-order valence-corrected chi connectivity index (χ1v) is 6.15. The van der Waals surface area contributed by atoms with Crippen LogP contribution in [0.5, 0.6) is 0 Å². The maximum absolute atomic E-state index is 11.6. The van der Waals surface area contributed by atoms with Crippen molar-refractivity contribution in [1.82, 2.24) is 5.32 Å². The van der Waals surface area contributed by atoms with Gasteiger partial charge in [-0.15, -0.1) is 0 Å². The Morgan fingerprint density at radius 1 is 1.42 bits per heavy atom. The number of ether oxygens (including phenoxy) is 1. The van der Waals surface area contributed by atoms with E-state index in [1.165, 1.54) is 7.11 Å². The highest BCUT2D eigenvalue weighted by Crippen LogP contribution is 2.22. The van der Waals surface area contributed by atoms with Crippen LogP contribution in [0.4, 0.5) is 0 Å². The molecule has 7 heteroatoms. The van der Waals surface area contributed by atoms with E-state index in [0.29, 0.717) is 15.6 Å². The number of hydrogen-bond donors (Lipinski definition) is 2. The molecule has 0 radical (unpaired) electrons. The first-order chi connectivity index (χ1) is 8.97.